The Hall–Kier alpha value is -2.13. The second-order valence-electron chi connectivity index (χ2n) is 7.50. The Labute approximate surface area is 172 Å². The molecule has 2 aromatic rings. The molecule has 1 atom stereocenters. The maximum Gasteiger partial charge on any atom is 0.243 e. The minimum Gasteiger partial charge on any atom is -0.454 e. The average Bonchev–Trinajstić information content (AvgIpc) is 3.16. The fourth-order valence-electron chi connectivity index (χ4n) is 3.14. The normalized spacial score (nSPS) is 14.5. The first kappa shape index (κ1) is 21.6. The Morgan fingerprint density at radius 2 is 1.79 bits per heavy atom. The van der Waals surface area contributed by atoms with Crippen molar-refractivity contribution in [2.75, 3.05) is 26.4 Å². The lowest BCUT2D eigenvalue weighted by atomic mass is 10.2. The van der Waals surface area contributed by atoms with Gasteiger partial charge in [0.25, 0.3) is 0 Å². The number of ether oxygens (including phenoxy) is 2. The second-order valence-corrected chi connectivity index (χ2v) is 9.44. The van der Waals surface area contributed by atoms with Gasteiger partial charge in [0.2, 0.25) is 16.8 Å². The van der Waals surface area contributed by atoms with E-state index in [0.29, 0.717) is 31.1 Å². The number of aliphatic hydroxyl groups is 1. The molecule has 0 aliphatic carbocycles. The lowest BCUT2D eigenvalue weighted by Gasteiger charge is -2.26. The number of hydrogen-bond acceptors (Lipinski definition) is 6. The van der Waals surface area contributed by atoms with Crippen LogP contribution in [0, 0.1) is 5.92 Å². The third-order valence-corrected chi connectivity index (χ3v) is 6.34. The van der Waals surface area contributed by atoms with Crippen molar-refractivity contribution in [2.24, 2.45) is 5.92 Å². The summed E-state index contributed by atoms with van der Waals surface area (Å²) in [5.74, 6) is 1.06. The molecule has 0 saturated heterocycles. The zero-order valence-corrected chi connectivity index (χ0v) is 17.6. The molecule has 1 aliphatic rings. The van der Waals surface area contributed by atoms with E-state index in [-0.39, 0.29) is 24.2 Å². The van der Waals surface area contributed by atoms with E-state index < -0.39 is 16.1 Å². The van der Waals surface area contributed by atoms with E-state index in [1.165, 1.54) is 16.4 Å². The van der Waals surface area contributed by atoms with Crippen LogP contribution in [0.1, 0.15) is 19.4 Å². The quantitative estimate of drug-likeness (QED) is 0.613. The third-order valence-electron chi connectivity index (χ3n) is 4.52. The van der Waals surface area contributed by atoms with E-state index in [9.17, 15) is 13.5 Å². The molecule has 1 aliphatic heterocycles. The van der Waals surface area contributed by atoms with Gasteiger partial charge in [-0.05, 0) is 23.6 Å². The Bertz CT molecular complexity index is 903. The molecule has 0 unspecified atom stereocenters. The summed E-state index contributed by atoms with van der Waals surface area (Å²) in [6.45, 7) is 5.20. The first-order chi connectivity index (χ1) is 13.9. The van der Waals surface area contributed by atoms with Gasteiger partial charge in [0.1, 0.15) is 0 Å². The van der Waals surface area contributed by atoms with Crippen LogP contribution in [0.5, 0.6) is 11.5 Å². The number of sulfonamides is 1. The molecule has 0 spiro atoms. The van der Waals surface area contributed by atoms with Crippen molar-refractivity contribution in [3.63, 3.8) is 0 Å². The minimum absolute atomic E-state index is 0.0107. The Balaban J connectivity index is 1.66. The van der Waals surface area contributed by atoms with Crippen molar-refractivity contribution in [1.82, 2.24) is 9.62 Å². The maximum absolute atomic E-state index is 13.2. The van der Waals surface area contributed by atoms with E-state index in [0.717, 1.165) is 5.56 Å². The molecule has 2 aromatic carbocycles. The monoisotopic (exact) mass is 420 g/mol. The van der Waals surface area contributed by atoms with Crippen molar-refractivity contribution in [3.8, 4) is 11.5 Å². The van der Waals surface area contributed by atoms with Gasteiger partial charge in [-0.1, -0.05) is 44.2 Å². The smallest absolute Gasteiger partial charge is 0.243 e. The average molecular weight is 421 g/mol. The molecule has 0 radical (unpaired) electrons. The standard InChI is InChI=1S/C21H28N2O5S/c1-16(2)13-23(14-18(24)12-22-11-17-6-4-3-5-7-17)29(25,26)19-8-9-20-21(10-19)28-15-27-20/h3-10,16,18,22,24H,11-15H2,1-2H3/t18-/m1/s1. The second kappa shape index (κ2) is 9.58. The van der Waals surface area contributed by atoms with E-state index in [2.05, 4.69) is 5.32 Å². The SMILES string of the molecule is CC(C)CN(C[C@H](O)CNCc1ccccc1)S(=O)(=O)c1ccc2c(c1)OCO2. The molecule has 7 nitrogen and oxygen atoms in total. The molecule has 29 heavy (non-hydrogen) atoms. The lowest BCUT2D eigenvalue weighted by Crippen LogP contribution is -2.43. The zero-order valence-electron chi connectivity index (χ0n) is 16.7. The summed E-state index contributed by atoms with van der Waals surface area (Å²) < 4.78 is 38.3. The van der Waals surface area contributed by atoms with Gasteiger partial charge >= 0.3 is 0 Å². The number of aliphatic hydroxyl groups excluding tert-OH is 1. The summed E-state index contributed by atoms with van der Waals surface area (Å²) in [5.41, 5.74) is 1.10. The topological polar surface area (TPSA) is 88.1 Å². The molecule has 0 bridgehead atoms. The highest BCUT2D eigenvalue weighted by Crippen LogP contribution is 2.34. The summed E-state index contributed by atoms with van der Waals surface area (Å²) in [4.78, 5) is 0.131. The largest absolute Gasteiger partial charge is 0.454 e. The summed E-state index contributed by atoms with van der Waals surface area (Å²) in [5, 5.41) is 13.6. The fraction of sp³-hybridized carbons (Fsp3) is 0.429. The summed E-state index contributed by atoms with van der Waals surface area (Å²) >= 11 is 0. The van der Waals surface area contributed by atoms with Crippen molar-refractivity contribution in [2.45, 2.75) is 31.4 Å². The number of benzene rings is 2. The first-order valence-electron chi connectivity index (χ1n) is 9.69. The number of fused-ring (bicyclic) bond motifs is 1. The van der Waals surface area contributed by atoms with Gasteiger partial charge < -0.3 is 19.9 Å². The van der Waals surface area contributed by atoms with Gasteiger partial charge in [0.15, 0.2) is 11.5 Å². The predicted molar refractivity (Wildman–Crippen MR) is 110 cm³/mol. The highest BCUT2D eigenvalue weighted by Gasteiger charge is 2.29. The molecular weight excluding hydrogens is 392 g/mol. The summed E-state index contributed by atoms with van der Waals surface area (Å²) in [6, 6.07) is 14.4. The van der Waals surface area contributed by atoms with Gasteiger partial charge in [0, 0.05) is 32.2 Å². The van der Waals surface area contributed by atoms with E-state index in [4.69, 9.17) is 9.47 Å². The van der Waals surface area contributed by atoms with Crippen LogP contribution in [0.15, 0.2) is 53.4 Å². The van der Waals surface area contributed by atoms with Crippen molar-refractivity contribution in [1.29, 1.82) is 0 Å². The van der Waals surface area contributed by atoms with E-state index in [1.54, 1.807) is 6.07 Å². The highest BCUT2D eigenvalue weighted by atomic mass is 32.2. The van der Waals surface area contributed by atoms with Crippen LogP contribution in [0.4, 0.5) is 0 Å². The molecule has 158 valence electrons. The molecule has 0 fully saturated rings. The molecule has 2 N–H and O–H groups in total. The van der Waals surface area contributed by atoms with Crippen LogP contribution in [0.3, 0.4) is 0 Å². The molecule has 8 heteroatoms. The molecule has 0 saturated carbocycles. The van der Waals surface area contributed by atoms with Crippen LogP contribution in [-0.2, 0) is 16.6 Å². The Kier molecular flexibility index (Phi) is 7.13. The third kappa shape index (κ3) is 5.70. The van der Waals surface area contributed by atoms with Crippen LogP contribution >= 0.6 is 0 Å². The summed E-state index contributed by atoms with van der Waals surface area (Å²) in [7, 11) is -3.78. The van der Waals surface area contributed by atoms with Crippen LogP contribution in [0.25, 0.3) is 0 Å². The zero-order chi connectivity index (χ0) is 20.9. The minimum atomic E-state index is -3.78. The Morgan fingerprint density at radius 3 is 2.52 bits per heavy atom. The highest BCUT2D eigenvalue weighted by molar-refractivity contribution is 7.89. The molecular formula is C21H28N2O5S. The van der Waals surface area contributed by atoms with Crippen LogP contribution < -0.4 is 14.8 Å². The van der Waals surface area contributed by atoms with Gasteiger partial charge in [-0.15, -0.1) is 0 Å². The van der Waals surface area contributed by atoms with Crippen molar-refractivity contribution >= 4 is 10.0 Å². The van der Waals surface area contributed by atoms with Crippen molar-refractivity contribution < 1.29 is 23.0 Å². The summed E-state index contributed by atoms with van der Waals surface area (Å²) in [6.07, 6.45) is -0.832. The van der Waals surface area contributed by atoms with Crippen LogP contribution in [-0.4, -0.2) is 50.4 Å². The van der Waals surface area contributed by atoms with E-state index >= 15 is 0 Å². The number of nitrogens with one attached hydrogen (secondary N) is 1. The first-order valence-corrected chi connectivity index (χ1v) is 11.1. The van der Waals surface area contributed by atoms with Gasteiger partial charge in [-0.2, -0.15) is 4.31 Å². The van der Waals surface area contributed by atoms with Crippen molar-refractivity contribution in [3.05, 3.63) is 54.1 Å². The molecule has 3 rings (SSSR count). The van der Waals surface area contributed by atoms with Gasteiger partial charge in [-0.25, -0.2) is 8.42 Å². The predicted octanol–water partition coefficient (Wildman–Crippen LogP) is 2.21. The van der Waals surface area contributed by atoms with E-state index in [1.807, 2.05) is 44.2 Å². The number of rotatable bonds is 10. The van der Waals surface area contributed by atoms with Crippen LogP contribution in [0.2, 0.25) is 0 Å². The number of nitrogens with zero attached hydrogens (tertiary/aromatic N) is 1. The molecule has 0 amide bonds. The van der Waals surface area contributed by atoms with Gasteiger partial charge in [-0.3, -0.25) is 0 Å². The fourth-order valence-corrected chi connectivity index (χ4v) is 4.80. The molecule has 0 aromatic heterocycles. The number of hydrogen-bond donors (Lipinski definition) is 2. The maximum atomic E-state index is 13.2. The lowest BCUT2D eigenvalue weighted by molar-refractivity contribution is 0.139. The van der Waals surface area contributed by atoms with Gasteiger partial charge in [0.05, 0.1) is 11.0 Å². The molecule has 1 heterocycles. The Morgan fingerprint density at radius 1 is 1.07 bits per heavy atom.